The Balaban J connectivity index is 1.72. The SMILES string of the molecule is CCC(C)(C)[C@@H]1CCc2c(sc(NC(=O)/C=C/c3ccc(C(C)C)cc3)c2C#N)C1. The Morgan fingerprint density at radius 3 is 2.63 bits per heavy atom. The molecule has 2 aromatic rings. The van der Waals surface area contributed by atoms with Crippen LogP contribution in [0.3, 0.4) is 0 Å². The molecule has 1 atom stereocenters. The highest BCUT2D eigenvalue weighted by Crippen LogP contribution is 2.45. The molecule has 0 unspecified atom stereocenters. The Morgan fingerprint density at radius 1 is 1.33 bits per heavy atom. The third-order valence-electron chi connectivity index (χ3n) is 6.66. The number of hydrogen-bond donors (Lipinski definition) is 1. The Bertz CT molecular complexity index is 974. The molecule has 4 heteroatoms. The van der Waals surface area contributed by atoms with Crippen molar-refractivity contribution in [2.45, 2.75) is 66.2 Å². The highest BCUT2D eigenvalue weighted by atomic mass is 32.1. The molecule has 158 valence electrons. The molecular formula is C26H32N2OS. The number of anilines is 1. The molecule has 3 rings (SSSR count). The van der Waals surface area contributed by atoms with E-state index in [9.17, 15) is 10.1 Å². The Morgan fingerprint density at radius 2 is 2.03 bits per heavy atom. The van der Waals surface area contributed by atoms with Crippen molar-refractivity contribution in [1.29, 1.82) is 5.26 Å². The van der Waals surface area contributed by atoms with Gasteiger partial charge in [-0.05, 0) is 59.3 Å². The minimum Gasteiger partial charge on any atom is -0.313 e. The van der Waals surface area contributed by atoms with Crippen LogP contribution in [-0.2, 0) is 17.6 Å². The van der Waals surface area contributed by atoms with Gasteiger partial charge in [0.05, 0.1) is 5.56 Å². The molecule has 0 bridgehead atoms. The van der Waals surface area contributed by atoms with Gasteiger partial charge in [-0.15, -0.1) is 11.3 Å². The predicted octanol–water partition coefficient (Wildman–Crippen LogP) is 6.94. The lowest BCUT2D eigenvalue weighted by molar-refractivity contribution is -0.111. The monoisotopic (exact) mass is 420 g/mol. The van der Waals surface area contributed by atoms with E-state index in [1.165, 1.54) is 10.4 Å². The molecule has 0 fully saturated rings. The molecule has 1 aromatic heterocycles. The second kappa shape index (κ2) is 9.18. The van der Waals surface area contributed by atoms with Gasteiger partial charge in [0, 0.05) is 11.0 Å². The average molecular weight is 421 g/mol. The highest BCUT2D eigenvalue weighted by Gasteiger charge is 2.33. The van der Waals surface area contributed by atoms with Crippen LogP contribution in [0.1, 0.15) is 80.5 Å². The van der Waals surface area contributed by atoms with Crippen LogP contribution in [-0.4, -0.2) is 5.91 Å². The normalized spacial score (nSPS) is 16.5. The van der Waals surface area contributed by atoms with Crippen LogP contribution in [0.4, 0.5) is 5.00 Å². The molecule has 0 spiro atoms. The summed E-state index contributed by atoms with van der Waals surface area (Å²) in [6, 6.07) is 10.6. The summed E-state index contributed by atoms with van der Waals surface area (Å²) in [5.74, 6) is 0.920. The average Bonchev–Trinajstić information content (AvgIpc) is 3.08. The van der Waals surface area contributed by atoms with E-state index < -0.39 is 0 Å². The molecule has 0 aliphatic heterocycles. The van der Waals surface area contributed by atoms with Crippen molar-refractivity contribution in [3.63, 3.8) is 0 Å². The van der Waals surface area contributed by atoms with E-state index in [-0.39, 0.29) is 5.91 Å². The first-order valence-corrected chi connectivity index (χ1v) is 11.7. The molecular weight excluding hydrogens is 388 g/mol. The first-order valence-electron chi connectivity index (χ1n) is 10.9. The van der Waals surface area contributed by atoms with Crippen molar-refractivity contribution in [1.82, 2.24) is 0 Å². The van der Waals surface area contributed by atoms with Gasteiger partial charge in [0.25, 0.3) is 0 Å². The molecule has 1 N–H and O–H groups in total. The molecule has 30 heavy (non-hydrogen) atoms. The van der Waals surface area contributed by atoms with E-state index in [4.69, 9.17) is 0 Å². The molecule has 0 saturated heterocycles. The van der Waals surface area contributed by atoms with Gasteiger partial charge in [-0.3, -0.25) is 4.79 Å². The quantitative estimate of drug-likeness (QED) is 0.515. The van der Waals surface area contributed by atoms with Gasteiger partial charge in [-0.1, -0.05) is 65.3 Å². The van der Waals surface area contributed by atoms with Crippen LogP contribution in [0.5, 0.6) is 0 Å². The van der Waals surface area contributed by atoms with E-state index >= 15 is 0 Å². The van der Waals surface area contributed by atoms with Crippen LogP contribution in [0.15, 0.2) is 30.3 Å². The summed E-state index contributed by atoms with van der Waals surface area (Å²) in [7, 11) is 0. The number of amides is 1. The van der Waals surface area contributed by atoms with Crippen LogP contribution >= 0.6 is 11.3 Å². The first-order chi connectivity index (χ1) is 14.2. The van der Waals surface area contributed by atoms with Crippen molar-refractivity contribution >= 4 is 28.3 Å². The fraction of sp³-hybridized carbons (Fsp3) is 0.462. The van der Waals surface area contributed by atoms with Gasteiger partial charge in [0.15, 0.2) is 0 Å². The van der Waals surface area contributed by atoms with Crippen molar-refractivity contribution in [2.24, 2.45) is 11.3 Å². The van der Waals surface area contributed by atoms with Crippen LogP contribution in [0.2, 0.25) is 0 Å². The Labute approximate surface area is 184 Å². The number of nitrogens with one attached hydrogen (secondary N) is 1. The number of carbonyl (C=O) groups is 1. The largest absolute Gasteiger partial charge is 0.313 e. The summed E-state index contributed by atoms with van der Waals surface area (Å²) >= 11 is 1.58. The summed E-state index contributed by atoms with van der Waals surface area (Å²) in [5.41, 5.74) is 4.38. The zero-order valence-electron chi connectivity index (χ0n) is 18.7. The maximum Gasteiger partial charge on any atom is 0.249 e. The van der Waals surface area contributed by atoms with Crippen LogP contribution in [0.25, 0.3) is 6.08 Å². The number of fused-ring (bicyclic) bond motifs is 1. The summed E-state index contributed by atoms with van der Waals surface area (Å²) < 4.78 is 0. The third kappa shape index (κ3) is 4.84. The molecule has 1 heterocycles. The maximum absolute atomic E-state index is 12.5. The Kier molecular flexibility index (Phi) is 6.83. The highest BCUT2D eigenvalue weighted by molar-refractivity contribution is 7.16. The minimum atomic E-state index is -0.191. The number of benzene rings is 1. The first kappa shape index (κ1) is 22.3. The third-order valence-corrected chi connectivity index (χ3v) is 7.83. The van der Waals surface area contributed by atoms with Crippen molar-refractivity contribution in [3.8, 4) is 6.07 Å². The summed E-state index contributed by atoms with van der Waals surface area (Å²) in [6.45, 7) is 11.2. The molecule has 1 aliphatic carbocycles. The van der Waals surface area contributed by atoms with Gasteiger partial charge >= 0.3 is 0 Å². The zero-order valence-corrected chi connectivity index (χ0v) is 19.5. The van der Waals surface area contributed by atoms with Gasteiger partial charge < -0.3 is 5.32 Å². The number of rotatable bonds is 6. The summed E-state index contributed by atoms with van der Waals surface area (Å²) in [5, 5.41) is 13.4. The van der Waals surface area contributed by atoms with Crippen molar-refractivity contribution in [2.75, 3.05) is 5.32 Å². The number of hydrogen-bond acceptors (Lipinski definition) is 3. The molecule has 1 amide bonds. The van der Waals surface area contributed by atoms with Gasteiger partial charge in [0.2, 0.25) is 5.91 Å². The fourth-order valence-corrected chi connectivity index (χ4v) is 5.35. The number of nitriles is 1. The van der Waals surface area contributed by atoms with E-state index in [0.717, 1.165) is 36.8 Å². The van der Waals surface area contributed by atoms with E-state index in [0.29, 0.717) is 27.8 Å². The molecule has 1 aliphatic rings. The summed E-state index contributed by atoms with van der Waals surface area (Å²) in [4.78, 5) is 13.8. The number of carbonyl (C=O) groups excluding carboxylic acids is 1. The molecule has 1 aromatic carbocycles. The van der Waals surface area contributed by atoms with E-state index in [2.05, 4.69) is 58.1 Å². The van der Waals surface area contributed by atoms with Crippen molar-refractivity contribution < 1.29 is 4.79 Å². The number of nitrogens with zero attached hydrogens (tertiary/aromatic N) is 1. The zero-order chi connectivity index (χ0) is 21.9. The summed E-state index contributed by atoms with van der Waals surface area (Å²) in [6.07, 6.45) is 7.56. The molecule has 0 radical (unpaired) electrons. The van der Waals surface area contributed by atoms with Gasteiger partial charge in [-0.25, -0.2) is 0 Å². The van der Waals surface area contributed by atoms with Crippen LogP contribution < -0.4 is 5.32 Å². The molecule has 3 nitrogen and oxygen atoms in total. The smallest absolute Gasteiger partial charge is 0.249 e. The van der Waals surface area contributed by atoms with Crippen molar-refractivity contribution in [3.05, 3.63) is 57.5 Å². The fourth-order valence-electron chi connectivity index (χ4n) is 4.07. The maximum atomic E-state index is 12.5. The standard InChI is InChI=1S/C26H32N2OS/c1-6-26(4,5)20-12-13-21-22(16-27)25(30-23(21)15-20)28-24(29)14-9-18-7-10-19(11-8-18)17(2)3/h7-11,14,17,20H,6,12-13,15H2,1-5H3,(H,28,29)/b14-9+/t20-/m1/s1. The Hall–Kier alpha value is -2.38. The van der Waals surface area contributed by atoms with E-state index in [1.807, 2.05) is 18.2 Å². The minimum absolute atomic E-state index is 0.191. The second-order valence-corrected chi connectivity index (χ2v) is 10.4. The topological polar surface area (TPSA) is 52.9 Å². The van der Waals surface area contributed by atoms with Crippen LogP contribution in [0, 0.1) is 22.7 Å². The van der Waals surface area contributed by atoms with E-state index in [1.54, 1.807) is 17.4 Å². The van der Waals surface area contributed by atoms with Gasteiger partial charge in [0.1, 0.15) is 11.1 Å². The lowest BCUT2D eigenvalue weighted by Gasteiger charge is -2.36. The second-order valence-electron chi connectivity index (χ2n) is 9.25. The lowest BCUT2D eigenvalue weighted by Crippen LogP contribution is -2.28. The molecule has 0 saturated carbocycles. The predicted molar refractivity (Wildman–Crippen MR) is 127 cm³/mol. The lowest BCUT2D eigenvalue weighted by atomic mass is 9.69. The van der Waals surface area contributed by atoms with Gasteiger partial charge in [-0.2, -0.15) is 5.26 Å². The number of thiophene rings is 1.